The minimum absolute atomic E-state index is 0.215. The number of aromatic nitrogens is 1. The number of anilines is 1. The first kappa shape index (κ1) is 19.4. The fourth-order valence-electron chi connectivity index (χ4n) is 3.87. The smallest absolute Gasteiger partial charge is 0.182 e. The maximum absolute atomic E-state index is 5.94. The van der Waals surface area contributed by atoms with Gasteiger partial charge >= 0.3 is 0 Å². The Morgan fingerprint density at radius 2 is 1.93 bits per heavy atom. The predicted octanol–water partition coefficient (Wildman–Crippen LogP) is 3.06. The summed E-state index contributed by atoms with van der Waals surface area (Å²) in [5.41, 5.74) is 5.39. The number of nitrogens with one attached hydrogen (secondary N) is 1. The van der Waals surface area contributed by atoms with Crippen LogP contribution < -0.4 is 15.6 Å². The number of rotatable bonds is 4. The van der Waals surface area contributed by atoms with E-state index in [1.165, 1.54) is 16.8 Å². The van der Waals surface area contributed by atoms with Gasteiger partial charge in [0.05, 0.1) is 6.54 Å². The largest absolute Gasteiger partial charge is 0.474 e. The van der Waals surface area contributed by atoms with E-state index in [1.807, 2.05) is 6.20 Å². The molecule has 3 heterocycles. The van der Waals surface area contributed by atoms with Crippen LogP contribution in [0, 0.1) is 0 Å². The van der Waals surface area contributed by atoms with Crippen molar-refractivity contribution in [2.45, 2.75) is 26.4 Å². The van der Waals surface area contributed by atoms with Gasteiger partial charge in [0.1, 0.15) is 11.1 Å². The van der Waals surface area contributed by atoms with Crippen LogP contribution in [0.15, 0.2) is 60.1 Å². The molecule has 29 heavy (non-hydrogen) atoms. The van der Waals surface area contributed by atoms with Crippen LogP contribution in [0.4, 0.5) is 5.69 Å². The molecule has 0 atom stereocenters. The van der Waals surface area contributed by atoms with Gasteiger partial charge in [0.15, 0.2) is 5.88 Å². The van der Waals surface area contributed by atoms with Crippen LogP contribution in [-0.2, 0) is 4.74 Å². The molecule has 1 aromatic heterocycles. The Bertz CT molecular complexity index is 1050. The van der Waals surface area contributed by atoms with Crippen molar-refractivity contribution in [2.75, 3.05) is 37.6 Å². The van der Waals surface area contributed by atoms with Crippen LogP contribution in [0.5, 0.6) is 0 Å². The minimum atomic E-state index is -0.215. The predicted molar refractivity (Wildman–Crippen MR) is 119 cm³/mol. The molecule has 5 nitrogen and oxygen atoms in total. The van der Waals surface area contributed by atoms with Crippen molar-refractivity contribution in [2.24, 2.45) is 4.99 Å². The molecule has 2 aliphatic rings. The third-order valence-corrected chi connectivity index (χ3v) is 5.27. The second-order valence-electron chi connectivity index (χ2n) is 8.72. The van der Waals surface area contributed by atoms with Crippen LogP contribution in [0.3, 0.4) is 0 Å². The molecule has 0 aliphatic carbocycles. The molecule has 1 saturated heterocycles. The fourth-order valence-corrected chi connectivity index (χ4v) is 3.87. The maximum Gasteiger partial charge on any atom is 0.182 e. The van der Waals surface area contributed by atoms with E-state index >= 15 is 0 Å². The molecule has 0 spiro atoms. The molecule has 1 aromatic carbocycles. The van der Waals surface area contributed by atoms with Gasteiger partial charge in [0.2, 0.25) is 0 Å². The lowest BCUT2D eigenvalue weighted by Gasteiger charge is -2.39. The number of H-pyrrole nitrogens is 1. The second-order valence-corrected chi connectivity index (χ2v) is 8.72. The quantitative estimate of drug-likeness (QED) is 0.816. The monoisotopic (exact) mass is 390 g/mol. The molecule has 152 valence electrons. The second kappa shape index (κ2) is 7.47. The zero-order chi connectivity index (χ0) is 20.6. The zero-order valence-corrected chi connectivity index (χ0v) is 17.7. The van der Waals surface area contributed by atoms with Gasteiger partial charge in [0, 0.05) is 48.8 Å². The molecule has 4 rings (SSSR count). The summed E-state index contributed by atoms with van der Waals surface area (Å²) in [4.78, 5) is 12.5. The van der Waals surface area contributed by atoms with E-state index in [9.17, 15) is 0 Å². The highest BCUT2D eigenvalue weighted by atomic mass is 16.5. The molecule has 0 unspecified atom stereocenters. The highest BCUT2D eigenvalue weighted by Crippen LogP contribution is 2.25. The van der Waals surface area contributed by atoms with Gasteiger partial charge in [-0.3, -0.25) is 4.99 Å². The topological polar surface area (TPSA) is 43.9 Å². The summed E-state index contributed by atoms with van der Waals surface area (Å²) in [6.07, 6.45) is 4.19. The molecule has 1 N–H and O–H groups in total. The SMILES string of the molecule is C=C1C=c2c(-c3cccc(N4CCN(C(=C)OC(C)(C)C)CC4)c3)c[nH]c2=NC1. The van der Waals surface area contributed by atoms with Crippen LogP contribution in [0.1, 0.15) is 20.8 Å². The van der Waals surface area contributed by atoms with Crippen LogP contribution >= 0.6 is 0 Å². The van der Waals surface area contributed by atoms with E-state index in [1.54, 1.807) is 0 Å². The number of benzene rings is 1. The Morgan fingerprint density at radius 3 is 2.66 bits per heavy atom. The van der Waals surface area contributed by atoms with E-state index < -0.39 is 0 Å². The Morgan fingerprint density at radius 1 is 1.17 bits per heavy atom. The molecule has 0 saturated carbocycles. The summed E-state index contributed by atoms with van der Waals surface area (Å²) in [6, 6.07) is 8.75. The molecule has 1 fully saturated rings. The van der Waals surface area contributed by atoms with Gasteiger partial charge in [-0.25, -0.2) is 0 Å². The summed E-state index contributed by atoms with van der Waals surface area (Å²) in [6.45, 7) is 18.7. The molecule has 2 aliphatic heterocycles. The molecule has 0 radical (unpaired) electrons. The van der Waals surface area contributed by atoms with Gasteiger partial charge in [-0.15, -0.1) is 0 Å². The summed E-state index contributed by atoms with van der Waals surface area (Å²) in [5, 5.41) is 1.14. The lowest BCUT2D eigenvalue weighted by molar-refractivity contribution is 0.00167. The first-order chi connectivity index (χ1) is 13.8. The normalized spacial score (nSPS) is 16.7. The van der Waals surface area contributed by atoms with E-state index in [4.69, 9.17) is 4.74 Å². The molecule has 5 heteroatoms. The van der Waals surface area contributed by atoms with Crippen molar-refractivity contribution < 1.29 is 4.74 Å². The van der Waals surface area contributed by atoms with Gasteiger partial charge < -0.3 is 19.5 Å². The number of nitrogens with zero attached hydrogens (tertiary/aromatic N) is 3. The maximum atomic E-state index is 5.94. The Labute approximate surface area is 172 Å². The van der Waals surface area contributed by atoms with Gasteiger partial charge in [-0.1, -0.05) is 18.7 Å². The summed E-state index contributed by atoms with van der Waals surface area (Å²) in [7, 11) is 0. The van der Waals surface area contributed by atoms with E-state index in [-0.39, 0.29) is 5.60 Å². The number of ether oxygens (including phenoxy) is 1. The van der Waals surface area contributed by atoms with Crippen molar-refractivity contribution in [3.63, 3.8) is 0 Å². The van der Waals surface area contributed by atoms with Crippen molar-refractivity contribution in [3.05, 3.63) is 65.8 Å². The molecular weight excluding hydrogens is 360 g/mol. The summed E-state index contributed by atoms with van der Waals surface area (Å²) >= 11 is 0. The highest BCUT2D eigenvalue weighted by molar-refractivity contribution is 5.71. The van der Waals surface area contributed by atoms with Crippen molar-refractivity contribution in [1.29, 1.82) is 0 Å². The zero-order valence-electron chi connectivity index (χ0n) is 17.7. The summed E-state index contributed by atoms with van der Waals surface area (Å²) < 4.78 is 5.94. The Balaban J connectivity index is 1.50. The van der Waals surface area contributed by atoms with Gasteiger partial charge in [-0.05, 0) is 56.7 Å². The van der Waals surface area contributed by atoms with Crippen molar-refractivity contribution in [3.8, 4) is 11.1 Å². The highest BCUT2D eigenvalue weighted by Gasteiger charge is 2.22. The average Bonchev–Trinajstić information content (AvgIpc) is 3.10. The van der Waals surface area contributed by atoms with Crippen molar-refractivity contribution in [1.82, 2.24) is 9.88 Å². The van der Waals surface area contributed by atoms with E-state index in [2.05, 4.69) is 84.0 Å². The van der Waals surface area contributed by atoms with Crippen LogP contribution in [0.25, 0.3) is 17.2 Å². The van der Waals surface area contributed by atoms with Crippen LogP contribution in [-0.4, -0.2) is 48.2 Å². The molecule has 0 amide bonds. The number of piperazine rings is 1. The first-order valence-corrected chi connectivity index (χ1v) is 10.2. The van der Waals surface area contributed by atoms with Crippen LogP contribution in [0.2, 0.25) is 0 Å². The Kier molecular flexibility index (Phi) is 4.99. The number of aromatic amines is 1. The number of hydrogen-bond donors (Lipinski definition) is 1. The molecule has 2 aromatic rings. The molecular formula is C24H30N4O. The Hall–Kier alpha value is -2.95. The van der Waals surface area contributed by atoms with Crippen molar-refractivity contribution >= 4 is 11.8 Å². The average molecular weight is 391 g/mol. The lowest BCUT2D eigenvalue weighted by atomic mass is 10.0. The van der Waals surface area contributed by atoms with Gasteiger partial charge in [-0.2, -0.15) is 0 Å². The first-order valence-electron chi connectivity index (χ1n) is 10.2. The van der Waals surface area contributed by atoms with Gasteiger partial charge in [0.25, 0.3) is 0 Å². The van der Waals surface area contributed by atoms with E-state index in [0.29, 0.717) is 6.54 Å². The third kappa shape index (κ3) is 4.24. The standard InChI is InChI=1S/C24H30N4O/c1-17-13-21-22(16-26-23(21)25-15-17)19-7-6-8-20(14-19)28-11-9-27(10-12-28)18(2)29-24(3,4)5/h6-8,13-14,16H,1-2,9-12,15H2,3-5H3,(H,25,26). The summed E-state index contributed by atoms with van der Waals surface area (Å²) in [5.74, 6) is 0.768. The fraction of sp³-hybridized carbons (Fsp3) is 0.375. The third-order valence-electron chi connectivity index (χ3n) is 5.27. The minimum Gasteiger partial charge on any atom is -0.474 e. The lowest BCUT2D eigenvalue weighted by Crippen LogP contribution is -2.46. The molecule has 0 bridgehead atoms. The number of hydrogen-bond acceptors (Lipinski definition) is 4. The van der Waals surface area contributed by atoms with E-state index in [0.717, 1.165) is 48.3 Å². The number of fused-ring (bicyclic) bond motifs is 1.